The van der Waals surface area contributed by atoms with Gasteiger partial charge in [0.2, 0.25) is 0 Å². The van der Waals surface area contributed by atoms with Gasteiger partial charge in [-0.3, -0.25) is 4.79 Å². The summed E-state index contributed by atoms with van der Waals surface area (Å²) in [5.41, 5.74) is 1.83. The number of carbonyl (C=O) groups excluding carboxylic acids is 1. The molecule has 1 aliphatic heterocycles. The average Bonchev–Trinajstić information content (AvgIpc) is 3.29. The molecule has 0 saturated carbocycles. The smallest absolute Gasteiger partial charge is 0.173 e. The van der Waals surface area contributed by atoms with Crippen molar-refractivity contribution in [1.29, 1.82) is 0 Å². The molecule has 3 aromatic carbocycles. The third-order valence-electron chi connectivity index (χ3n) is 5.92. The van der Waals surface area contributed by atoms with E-state index in [4.69, 9.17) is 0 Å². The second-order valence-corrected chi connectivity index (χ2v) is 11.5. The monoisotopic (exact) mass is 430 g/mol. The number of hydrogen-bond donors (Lipinski definition) is 0. The highest BCUT2D eigenvalue weighted by atomic mass is 32.1. The third-order valence-corrected chi connectivity index (χ3v) is 10.4. The zero-order chi connectivity index (χ0) is 20.7. The summed E-state index contributed by atoms with van der Waals surface area (Å²) in [5.74, 6) is 0.200. The first-order chi connectivity index (χ1) is 14.6. The molecule has 1 atom stereocenters. The van der Waals surface area contributed by atoms with Gasteiger partial charge < -0.3 is 4.57 Å². The van der Waals surface area contributed by atoms with Gasteiger partial charge in [0.05, 0.1) is 0 Å². The first-order valence-corrected chi connectivity index (χ1v) is 13.0. The van der Waals surface area contributed by atoms with E-state index in [9.17, 15) is 9.36 Å². The van der Waals surface area contributed by atoms with Crippen LogP contribution in [0.15, 0.2) is 72.8 Å². The molecule has 0 N–H and O–H groups in total. The zero-order valence-electron chi connectivity index (χ0n) is 16.9. The molecule has 5 rings (SSSR count). The zero-order valence-corrected chi connectivity index (χ0v) is 18.6. The number of unbranched alkanes of at least 4 members (excludes halogenated alkanes) is 2. The van der Waals surface area contributed by atoms with Crippen LogP contribution in [0, 0.1) is 0 Å². The van der Waals surface area contributed by atoms with Crippen LogP contribution >= 0.6 is 18.5 Å². The van der Waals surface area contributed by atoms with Crippen molar-refractivity contribution in [3.8, 4) is 10.4 Å². The third kappa shape index (κ3) is 2.92. The van der Waals surface area contributed by atoms with E-state index in [1.165, 1.54) is 0 Å². The van der Waals surface area contributed by atoms with E-state index in [0.717, 1.165) is 61.3 Å². The summed E-state index contributed by atoms with van der Waals surface area (Å²) in [4.78, 5) is 13.7. The van der Waals surface area contributed by atoms with Gasteiger partial charge in [0.15, 0.2) is 12.9 Å². The van der Waals surface area contributed by atoms with Gasteiger partial charge in [-0.05, 0) is 12.5 Å². The van der Waals surface area contributed by atoms with Crippen molar-refractivity contribution in [1.82, 2.24) is 0 Å². The van der Waals surface area contributed by atoms with Crippen LogP contribution < -0.4 is 15.9 Å². The summed E-state index contributed by atoms with van der Waals surface area (Å²) in [6.45, 7) is 2.15. The van der Waals surface area contributed by atoms with E-state index < -0.39 is 7.14 Å². The topological polar surface area (TPSA) is 34.1 Å². The number of hydrogen-bond acceptors (Lipinski definition) is 3. The second kappa shape index (κ2) is 7.65. The largest absolute Gasteiger partial charge is 0.309 e. The fourth-order valence-corrected chi connectivity index (χ4v) is 9.38. The molecule has 2 nitrogen and oxygen atoms in total. The molecule has 1 aromatic heterocycles. The molecule has 0 unspecified atom stereocenters. The minimum Gasteiger partial charge on any atom is -0.309 e. The van der Waals surface area contributed by atoms with Crippen molar-refractivity contribution in [3.05, 3.63) is 78.4 Å². The Bertz CT molecular complexity index is 1300. The highest BCUT2D eigenvalue weighted by Gasteiger charge is 2.42. The first-order valence-electron chi connectivity index (χ1n) is 10.5. The SMILES string of the molecule is CCCCCC(=O)c1ccc2c3c(sc2c1)-c1ccccc1[P@]3(=O)c1ccccc1. The minimum absolute atomic E-state index is 0.200. The Balaban J connectivity index is 1.68. The summed E-state index contributed by atoms with van der Waals surface area (Å²) in [6, 6.07) is 23.8. The van der Waals surface area contributed by atoms with Gasteiger partial charge in [-0.1, -0.05) is 86.5 Å². The number of ketones is 1. The maximum atomic E-state index is 14.7. The fourth-order valence-electron chi connectivity index (χ4n) is 4.40. The number of Topliss-reactive ketones (excluding diaryl/α,β-unsaturated/α-hetero) is 1. The molecule has 0 aliphatic carbocycles. The number of fused-ring (bicyclic) bond motifs is 5. The van der Waals surface area contributed by atoms with E-state index in [-0.39, 0.29) is 5.78 Å². The molecule has 0 spiro atoms. The van der Waals surface area contributed by atoms with Gasteiger partial charge in [0.1, 0.15) is 0 Å². The predicted molar refractivity (Wildman–Crippen MR) is 129 cm³/mol. The summed E-state index contributed by atoms with van der Waals surface area (Å²) in [5, 5.41) is 3.76. The highest BCUT2D eigenvalue weighted by molar-refractivity contribution is 7.87. The van der Waals surface area contributed by atoms with Gasteiger partial charge in [0, 0.05) is 48.4 Å². The van der Waals surface area contributed by atoms with Crippen molar-refractivity contribution in [2.24, 2.45) is 0 Å². The lowest BCUT2D eigenvalue weighted by Crippen LogP contribution is -2.20. The predicted octanol–water partition coefficient (Wildman–Crippen LogP) is 6.28. The standard InChI is InChI=1S/C26H23O2PS/c1-2-3-5-13-22(27)18-15-16-21-24(17-18)30-26-20-12-8-9-14-23(20)29(28,25(21)26)19-10-6-4-7-11-19/h4,6-12,14-17H,2-3,5,13H2,1H3/t29-/m1/s1. The van der Waals surface area contributed by atoms with Gasteiger partial charge >= 0.3 is 0 Å². The molecule has 0 amide bonds. The molecule has 4 heteroatoms. The normalized spacial score (nSPS) is 17.1. The van der Waals surface area contributed by atoms with Crippen LogP contribution in [0.3, 0.4) is 0 Å². The molecule has 4 aromatic rings. The Hall–Kier alpha value is -2.48. The maximum absolute atomic E-state index is 14.7. The second-order valence-electron chi connectivity index (χ2n) is 7.83. The molecule has 0 bridgehead atoms. The minimum atomic E-state index is -2.94. The van der Waals surface area contributed by atoms with Gasteiger partial charge in [-0.15, -0.1) is 11.3 Å². The summed E-state index contributed by atoms with van der Waals surface area (Å²) < 4.78 is 15.7. The number of carbonyl (C=O) groups is 1. The molecular formula is C26H23O2PS. The van der Waals surface area contributed by atoms with Crippen molar-refractivity contribution in [2.45, 2.75) is 32.6 Å². The van der Waals surface area contributed by atoms with E-state index in [1.54, 1.807) is 11.3 Å². The number of rotatable bonds is 6. The van der Waals surface area contributed by atoms with E-state index in [2.05, 4.69) is 13.0 Å². The summed E-state index contributed by atoms with van der Waals surface area (Å²) in [7, 11) is -2.94. The van der Waals surface area contributed by atoms with E-state index in [0.29, 0.717) is 6.42 Å². The number of benzene rings is 3. The van der Waals surface area contributed by atoms with E-state index >= 15 is 0 Å². The molecule has 0 radical (unpaired) electrons. The van der Waals surface area contributed by atoms with Crippen LogP contribution in [0.25, 0.3) is 20.5 Å². The van der Waals surface area contributed by atoms with Crippen LogP contribution in [0.1, 0.15) is 43.0 Å². The Morgan fingerprint density at radius 1 is 0.933 bits per heavy atom. The quantitative estimate of drug-likeness (QED) is 0.180. The van der Waals surface area contributed by atoms with Gasteiger partial charge in [-0.2, -0.15) is 0 Å². The van der Waals surface area contributed by atoms with Crippen LogP contribution in [-0.2, 0) is 4.57 Å². The molecule has 1 aliphatic rings. The fraction of sp³-hybridized carbons (Fsp3) is 0.192. The van der Waals surface area contributed by atoms with E-state index in [1.807, 2.05) is 66.7 Å². The van der Waals surface area contributed by atoms with Crippen LogP contribution in [0.4, 0.5) is 0 Å². The molecule has 30 heavy (non-hydrogen) atoms. The van der Waals surface area contributed by atoms with Crippen molar-refractivity contribution < 1.29 is 9.36 Å². The molecule has 2 heterocycles. The first kappa shape index (κ1) is 19.5. The van der Waals surface area contributed by atoms with Crippen molar-refractivity contribution >= 4 is 50.3 Å². The molecular weight excluding hydrogens is 407 g/mol. The van der Waals surface area contributed by atoms with Crippen LogP contribution in [0.5, 0.6) is 0 Å². The highest BCUT2D eigenvalue weighted by Crippen LogP contribution is 2.56. The average molecular weight is 431 g/mol. The van der Waals surface area contributed by atoms with Crippen molar-refractivity contribution in [2.75, 3.05) is 0 Å². The Labute approximate surface area is 181 Å². The van der Waals surface area contributed by atoms with Gasteiger partial charge in [0.25, 0.3) is 0 Å². The maximum Gasteiger partial charge on any atom is 0.173 e. The van der Waals surface area contributed by atoms with Crippen LogP contribution in [-0.4, -0.2) is 5.78 Å². The molecule has 150 valence electrons. The Morgan fingerprint density at radius 3 is 2.50 bits per heavy atom. The van der Waals surface area contributed by atoms with Crippen molar-refractivity contribution in [3.63, 3.8) is 0 Å². The van der Waals surface area contributed by atoms with Gasteiger partial charge in [-0.25, -0.2) is 0 Å². The lowest BCUT2D eigenvalue weighted by Gasteiger charge is -2.16. The summed E-state index contributed by atoms with van der Waals surface area (Å²) in [6.07, 6.45) is 3.72. The Kier molecular flexibility index (Phi) is 4.97. The van der Waals surface area contributed by atoms with Crippen LogP contribution in [0.2, 0.25) is 0 Å². The molecule has 0 fully saturated rings. The molecule has 0 saturated heterocycles. The summed E-state index contributed by atoms with van der Waals surface area (Å²) >= 11 is 1.66. The Morgan fingerprint density at radius 2 is 1.70 bits per heavy atom. The number of thiophene rings is 1. The lowest BCUT2D eigenvalue weighted by atomic mass is 10.0. The lowest BCUT2D eigenvalue weighted by molar-refractivity contribution is 0.0979.